The summed E-state index contributed by atoms with van der Waals surface area (Å²) < 4.78 is 6.30. The Morgan fingerprint density at radius 2 is 1.47 bits per heavy atom. The monoisotopic (exact) mass is 212 g/mol. The Hall–Kier alpha value is -0.0800. The van der Waals surface area contributed by atoms with Crippen LogP contribution in [-0.4, -0.2) is 22.4 Å². The van der Waals surface area contributed by atoms with E-state index in [-0.39, 0.29) is 11.2 Å². The maximum Gasteiger partial charge on any atom is 0.0689 e. The molecule has 0 heterocycles. The molecule has 0 aromatic heterocycles. The number of aliphatic hydroxyl groups is 1. The van der Waals surface area contributed by atoms with Gasteiger partial charge in [0.2, 0.25) is 0 Å². The number of hydrogen-bond donors (Lipinski definition) is 1. The minimum Gasteiger partial charge on any atom is -0.390 e. The molecule has 0 amide bonds. The second kappa shape index (κ2) is 4.06. The number of ether oxygens (including phenoxy) is 1. The van der Waals surface area contributed by atoms with Crippen molar-refractivity contribution in [1.29, 1.82) is 0 Å². The molecule has 0 aliphatic heterocycles. The third-order valence-electron chi connectivity index (χ3n) is 4.47. The predicted molar refractivity (Wildman–Crippen MR) is 60.8 cm³/mol. The third-order valence-corrected chi connectivity index (χ3v) is 4.47. The number of fused-ring (bicyclic) bond motifs is 3. The van der Waals surface area contributed by atoms with Crippen molar-refractivity contribution >= 4 is 0 Å². The van der Waals surface area contributed by atoms with Crippen molar-refractivity contribution in [3.63, 3.8) is 0 Å². The van der Waals surface area contributed by atoms with Gasteiger partial charge in [0, 0.05) is 0 Å². The average Bonchev–Trinajstić information content (AvgIpc) is 2.28. The van der Waals surface area contributed by atoms with Crippen LogP contribution in [0, 0.1) is 0 Å². The van der Waals surface area contributed by atoms with E-state index in [9.17, 15) is 5.11 Å². The van der Waals surface area contributed by atoms with Crippen LogP contribution in [0.3, 0.4) is 0 Å². The maximum atomic E-state index is 10.1. The summed E-state index contributed by atoms with van der Waals surface area (Å²) in [5.41, 5.74) is -0.208. The van der Waals surface area contributed by atoms with Gasteiger partial charge in [0.05, 0.1) is 17.3 Å². The topological polar surface area (TPSA) is 29.5 Å². The molecule has 0 unspecified atom stereocenters. The quantitative estimate of drug-likeness (QED) is 0.776. The van der Waals surface area contributed by atoms with Crippen molar-refractivity contribution in [2.75, 3.05) is 0 Å². The molecule has 2 heteroatoms. The van der Waals surface area contributed by atoms with Gasteiger partial charge in [-0.15, -0.1) is 0 Å². The third kappa shape index (κ3) is 2.21. The Balaban J connectivity index is 1.97. The van der Waals surface area contributed by atoms with Crippen LogP contribution in [0.25, 0.3) is 0 Å². The van der Waals surface area contributed by atoms with Gasteiger partial charge < -0.3 is 9.84 Å². The van der Waals surface area contributed by atoms with Gasteiger partial charge in [0.1, 0.15) is 0 Å². The Kier molecular flexibility index (Phi) is 3.09. The van der Waals surface area contributed by atoms with E-state index in [2.05, 4.69) is 13.8 Å². The van der Waals surface area contributed by atoms with Crippen LogP contribution in [0.5, 0.6) is 0 Å². The SMILES string of the molecule is CCC(CC)OC12CCC(O)(CC1)CC2. The molecule has 3 rings (SSSR count). The molecule has 3 saturated carbocycles. The van der Waals surface area contributed by atoms with Crippen LogP contribution in [0.1, 0.15) is 65.2 Å². The van der Waals surface area contributed by atoms with Gasteiger partial charge >= 0.3 is 0 Å². The van der Waals surface area contributed by atoms with Crippen molar-refractivity contribution < 1.29 is 9.84 Å². The molecule has 88 valence electrons. The van der Waals surface area contributed by atoms with Gasteiger partial charge in [-0.25, -0.2) is 0 Å². The van der Waals surface area contributed by atoms with E-state index >= 15 is 0 Å². The minimum absolute atomic E-state index is 0.126. The van der Waals surface area contributed by atoms with Crippen LogP contribution in [0.15, 0.2) is 0 Å². The van der Waals surface area contributed by atoms with Crippen LogP contribution in [0.4, 0.5) is 0 Å². The normalized spacial score (nSPS) is 40.0. The van der Waals surface area contributed by atoms with E-state index in [0.29, 0.717) is 6.10 Å². The Morgan fingerprint density at radius 3 is 1.87 bits per heavy atom. The number of hydrogen-bond acceptors (Lipinski definition) is 2. The van der Waals surface area contributed by atoms with Gasteiger partial charge in [0.25, 0.3) is 0 Å². The van der Waals surface area contributed by atoms with E-state index in [1.807, 2.05) is 0 Å². The standard InChI is InChI=1S/C13H24O2/c1-3-11(4-2)15-13-8-5-12(14,6-9-13)7-10-13/h11,14H,3-10H2,1-2H3. The highest BCUT2D eigenvalue weighted by Crippen LogP contribution is 2.49. The second-order valence-electron chi connectivity index (χ2n) is 5.46. The largest absolute Gasteiger partial charge is 0.390 e. The lowest BCUT2D eigenvalue weighted by Gasteiger charge is -2.51. The average molecular weight is 212 g/mol. The van der Waals surface area contributed by atoms with Gasteiger partial charge in [-0.2, -0.15) is 0 Å². The first-order chi connectivity index (χ1) is 7.11. The highest BCUT2D eigenvalue weighted by Gasteiger charge is 2.48. The van der Waals surface area contributed by atoms with Crippen LogP contribution in [-0.2, 0) is 4.74 Å². The molecule has 3 aliphatic rings. The fourth-order valence-electron chi connectivity index (χ4n) is 3.12. The fourth-order valence-corrected chi connectivity index (χ4v) is 3.12. The first kappa shape index (κ1) is 11.4. The van der Waals surface area contributed by atoms with Gasteiger partial charge in [-0.1, -0.05) is 13.8 Å². The molecular weight excluding hydrogens is 188 g/mol. The zero-order chi connectivity index (χ0) is 10.9. The summed E-state index contributed by atoms with van der Waals surface area (Å²) >= 11 is 0. The van der Waals surface area contributed by atoms with Crippen LogP contribution < -0.4 is 0 Å². The predicted octanol–water partition coefficient (Wildman–Crippen LogP) is 3.03. The summed E-state index contributed by atoms with van der Waals surface area (Å²) in [7, 11) is 0. The molecule has 1 N–H and O–H groups in total. The van der Waals surface area contributed by atoms with E-state index < -0.39 is 0 Å². The summed E-state index contributed by atoms with van der Waals surface area (Å²) in [6, 6.07) is 0. The molecule has 0 saturated heterocycles. The molecular formula is C13H24O2. The fraction of sp³-hybridized carbons (Fsp3) is 1.00. The lowest BCUT2D eigenvalue weighted by molar-refractivity contribution is -0.188. The summed E-state index contributed by atoms with van der Waals surface area (Å²) in [4.78, 5) is 0. The summed E-state index contributed by atoms with van der Waals surface area (Å²) in [5, 5.41) is 10.1. The molecule has 0 aromatic carbocycles. The summed E-state index contributed by atoms with van der Waals surface area (Å²) in [6.45, 7) is 4.40. The van der Waals surface area contributed by atoms with Gasteiger partial charge in [-0.3, -0.25) is 0 Å². The molecule has 0 radical (unpaired) electrons. The van der Waals surface area contributed by atoms with Crippen molar-refractivity contribution in [2.45, 2.75) is 82.5 Å². The lowest BCUT2D eigenvalue weighted by Crippen LogP contribution is -2.52. The first-order valence-corrected chi connectivity index (χ1v) is 6.52. The Labute approximate surface area is 93.0 Å². The maximum absolute atomic E-state index is 10.1. The van der Waals surface area contributed by atoms with E-state index in [4.69, 9.17) is 4.74 Å². The van der Waals surface area contributed by atoms with Crippen LogP contribution >= 0.6 is 0 Å². The summed E-state index contributed by atoms with van der Waals surface area (Å²) in [6.07, 6.45) is 8.72. The molecule has 15 heavy (non-hydrogen) atoms. The van der Waals surface area contributed by atoms with Gasteiger partial charge in [-0.05, 0) is 51.4 Å². The van der Waals surface area contributed by atoms with E-state index in [0.717, 1.165) is 51.4 Å². The molecule has 0 spiro atoms. The molecule has 0 atom stereocenters. The highest BCUT2D eigenvalue weighted by molar-refractivity contribution is 5.01. The van der Waals surface area contributed by atoms with Crippen molar-refractivity contribution in [3.05, 3.63) is 0 Å². The van der Waals surface area contributed by atoms with E-state index in [1.54, 1.807) is 0 Å². The Bertz CT molecular complexity index is 196. The molecule has 2 nitrogen and oxygen atoms in total. The molecule has 3 aliphatic carbocycles. The van der Waals surface area contributed by atoms with Crippen molar-refractivity contribution in [2.24, 2.45) is 0 Å². The minimum atomic E-state index is -0.334. The first-order valence-electron chi connectivity index (χ1n) is 6.52. The smallest absolute Gasteiger partial charge is 0.0689 e. The van der Waals surface area contributed by atoms with Crippen molar-refractivity contribution in [1.82, 2.24) is 0 Å². The summed E-state index contributed by atoms with van der Waals surface area (Å²) in [5.74, 6) is 0. The lowest BCUT2D eigenvalue weighted by atomic mass is 9.65. The highest BCUT2D eigenvalue weighted by atomic mass is 16.5. The molecule has 2 bridgehead atoms. The molecule has 3 fully saturated rings. The second-order valence-corrected chi connectivity index (χ2v) is 5.46. The van der Waals surface area contributed by atoms with Crippen LogP contribution in [0.2, 0.25) is 0 Å². The number of rotatable bonds is 4. The van der Waals surface area contributed by atoms with Crippen molar-refractivity contribution in [3.8, 4) is 0 Å². The molecule has 0 aromatic rings. The zero-order valence-electron chi connectivity index (χ0n) is 10.1. The van der Waals surface area contributed by atoms with Gasteiger partial charge in [0.15, 0.2) is 0 Å². The Morgan fingerprint density at radius 1 is 1.00 bits per heavy atom. The van der Waals surface area contributed by atoms with E-state index in [1.165, 1.54) is 0 Å². The zero-order valence-corrected chi connectivity index (χ0v) is 10.1.